The summed E-state index contributed by atoms with van der Waals surface area (Å²) in [5.74, 6) is 0.653. The van der Waals surface area contributed by atoms with Crippen LogP contribution in [-0.4, -0.2) is 25.0 Å². The van der Waals surface area contributed by atoms with Crippen LogP contribution in [0.3, 0.4) is 0 Å². The van der Waals surface area contributed by atoms with E-state index in [1.807, 2.05) is 18.5 Å². The first-order chi connectivity index (χ1) is 11.2. The molecule has 0 aliphatic rings. The minimum absolute atomic E-state index is 0.0633. The number of aryl methyl sites for hydroxylation is 1. The predicted octanol–water partition coefficient (Wildman–Crippen LogP) is 2.68. The van der Waals surface area contributed by atoms with E-state index in [0.717, 1.165) is 29.2 Å². The maximum Gasteiger partial charge on any atom is 0.143 e. The van der Waals surface area contributed by atoms with Gasteiger partial charge in [-0.25, -0.2) is 14.1 Å². The third kappa shape index (κ3) is 3.29. The molecule has 2 aromatic heterocycles. The first-order valence-electron chi connectivity index (χ1n) is 7.58. The predicted molar refractivity (Wildman–Crippen MR) is 84.9 cm³/mol. The van der Waals surface area contributed by atoms with Gasteiger partial charge < -0.3 is 5.32 Å². The molecule has 120 valence electrons. The third-order valence-electron chi connectivity index (χ3n) is 3.78. The van der Waals surface area contributed by atoms with Crippen molar-refractivity contribution in [3.63, 3.8) is 0 Å². The number of hydrogen-bond acceptors (Lipinski definition) is 4. The van der Waals surface area contributed by atoms with Gasteiger partial charge in [0.15, 0.2) is 0 Å². The summed E-state index contributed by atoms with van der Waals surface area (Å²) in [5, 5.41) is 14.7. The van der Waals surface area contributed by atoms with E-state index in [-0.39, 0.29) is 11.9 Å². The Hall–Kier alpha value is -2.54. The monoisotopic (exact) mass is 314 g/mol. The maximum atomic E-state index is 13.1. The molecule has 1 aromatic carbocycles. The Kier molecular flexibility index (Phi) is 4.47. The largest absolute Gasteiger partial charge is 0.303 e. The quantitative estimate of drug-likeness (QED) is 0.734. The third-order valence-corrected chi connectivity index (χ3v) is 3.78. The summed E-state index contributed by atoms with van der Waals surface area (Å²) >= 11 is 0. The summed E-state index contributed by atoms with van der Waals surface area (Å²) in [7, 11) is 0. The molecule has 0 saturated carbocycles. The van der Waals surface area contributed by atoms with E-state index in [9.17, 15) is 4.39 Å². The van der Waals surface area contributed by atoms with Crippen LogP contribution < -0.4 is 5.32 Å². The van der Waals surface area contributed by atoms with E-state index >= 15 is 0 Å². The molecule has 0 amide bonds. The normalized spacial score (nSPS) is 12.5. The van der Waals surface area contributed by atoms with Crippen molar-refractivity contribution in [3.05, 3.63) is 54.0 Å². The van der Waals surface area contributed by atoms with Gasteiger partial charge in [0.2, 0.25) is 0 Å². The molecular weight excluding hydrogens is 295 g/mol. The lowest BCUT2D eigenvalue weighted by atomic mass is 10.1. The molecule has 0 aliphatic carbocycles. The molecule has 0 fully saturated rings. The highest BCUT2D eigenvalue weighted by atomic mass is 19.1. The van der Waals surface area contributed by atoms with Crippen LogP contribution in [0.4, 0.5) is 4.39 Å². The van der Waals surface area contributed by atoms with Crippen LogP contribution in [0.5, 0.6) is 0 Å². The topological polar surface area (TPSA) is 71.4 Å². The molecule has 7 heteroatoms. The molecule has 3 rings (SSSR count). The summed E-state index contributed by atoms with van der Waals surface area (Å²) in [5.41, 5.74) is 2.82. The summed E-state index contributed by atoms with van der Waals surface area (Å²) in [6, 6.07) is 6.43. The van der Waals surface area contributed by atoms with Gasteiger partial charge in [-0.3, -0.25) is 5.10 Å². The first kappa shape index (κ1) is 15.4. The maximum absolute atomic E-state index is 13.1. The highest BCUT2D eigenvalue weighted by Gasteiger charge is 2.14. The molecule has 0 saturated heterocycles. The van der Waals surface area contributed by atoms with E-state index in [4.69, 9.17) is 0 Å². The van der Waals surface area contributed by atoms with Gasteiger partial charge in [0.1, 0.15) is 18.0 Å². The average molecular weight is 314 g/mol. The molecule has 2 heterocycles. The van der Waals surface area contributed by atoms with Crippen LogP contribution in [0.1, 0.15) is 31.3 Å². The molecule has 0 unspecified atom stereocenters. The highest BCUT2D eigenvalue weighted by Crippen LogP contribution is 2.22. The Morgan fingerprint density at radius 3 is 2.83 bits per heavy atom. The zero-order valence-electron chi connectivity index (χ0n) is 13.1. The smallest absolute Gasteiger partial charge is 0.143 e. The second-order valence-electron chi connectivity index (χ2n) is 5.31. The number of benzene rings is 1. The summed E-state index contributed by atoms with van der Waals surface area (Å²) in [6.45, 7) is 5.50. The number of nitrogens with zero attached hydrogens (tertiary/aromatic N) is 4. The Balaban J connectivity index is 1.72. The van der Waals surface area contributed by atoms with E-state index in [2.05, 4.69) is 25.6 Å². The van der Waals surface area contributed by atoms with Gasteiger partial charge in [0.25, 0.3) is 0 Å². The minimum Gasteiger partial charge on any atom is -0.303 e. The second-order valence-corrected chi connectivity index (χ2v) is 5.31. The van der Waals surface area contributed by atoms with Crippen molar-refractivity contribution >= 4 is 0 Å². The molecular formula is C16H19FN6. The number of H-pyrrole nitrogens is 1. The molecule has 6 nitrogen and oxygen atoms in total. The van der Waals surface area contributed by atoms with Gasteiger partial charge in [-0.15, -0.1) is 0 Å². The first-order valence-corrected chi connectivity index (χ1v) is 7.58. The fourth-order valence-corrected chi connectivity index (χ4v) is 2.52. The van der Waals surface area contributed by atoms with E-state index < -0.39 is 0 Å². The van der Waals surface area contributed by atoms with Crippen LogP contribution in [0.25, 0.3) is 11.3 Å². The number of aromatic nitrogens is 5. The molecule has 23 heavy (non-hydrogen) atoms. The van der Waals surface area contributed by atoms with Gasteiger partial charge in [-0.1, -0.05) is 0 Å². The van der Waals surface area contributed by atoms with Crippen molar-refractivity contribution in [2.45, 2.75) is 33.0 Å². The highest BCUT2D eigenvalue weighted by molar-refractivity contribution is 5.62. The van der Waals surface area contributed by atoms with Crippen molar-refractivity contribution in [2.75, 3.05) is 0 Å². The van der Waals surface area contributed by atoms with Gasteiger partial charge in [0.05, 0.1) is 17.9 Å². The average Bonchev–Trinajstić information content (AvgIpc) is 3.22. The Morgan fingerprint density at radius 2 is 2.09 bits per heavy atom. The Labute approximate surface area is 133 Å². The van der Waals surface area contributed by atoms with Gasteiger partial charge in [-0.2, -0.15) is 10.2 Å². The van der Waals surface area contributed by atoms with Crippen LogP contribution >= 0.6 is 0 Å². The fourth-order valence-electron chi connectivity index (χ4n) is 2.52. The lowest BCUT2D eigenvalue weighted by molar-refractivity contribution is 0.498. The van der Waals surface area contributed by atoms with Crippen LogP contribution in [0.15, 0.2) is 36.8 Å². The molecule has 0 spiro atoms. The summed E-state index contributed by atoms with van der Waals surface area (Å²) in [4.78, 5) is 4.30. The Bertz CT molecular complexity index is 761. The molecule has 0 radical (unpaired) electrons. The van der Waals surface area contributed by atoms with Gasteiger partial charge in [0, 0.05) is 24.2 Å². The number of halogens is 1. The van der Waals surface area contributed by atoms with Gasteiger partial charge in [-0.05, 0) is 38.1 Å². The van der Waals surface area contributed by atoms with Crippen LogP contribution in [0.2, 0.25) is 0 Å². The summed E-state index contributed by atoms with van der Waals surface area (Å²) < 4.78 is 14.9. The number of hydrogen-bond donors (Lipinski definition) is 2. The molecule has 2 N–H and O–H groups in total. The van der Waals surface area contributed by atoms with E-state index in [0.29, 0.717) is 6.54 Å². The number of nitrogens with one attached hydrogen (secondary N) is 2. The molecule has 1 atom stereocenters. The Morgan fingerprint density at radius 1 is 1.30 bits per heavy atom. The van der Waals surface area contributed by atoms with E-state index in [1.165, 1.54) is 12.1 Å². The van der Waals surface area contributed by atoms with Gasteiger partial charge >= 0.3 is 0 Å². The summed E-state index contributed by atoms with van der Waals surface area (Å²) in [6.07, 6.45) is 3.35. The van der Waals surface area contributed by atoms with Crippen LogP contribution in [0, 0.1) is 5.82 Å². The van der Waals surface area contributed by atoms with Crippen molar-refractivity contribution in [1.29, 1.82) is 0 Å². The number of rotatable bonds is 6. The van der Waals surface area contributed by atoms with E-state index in [1.54, 1.807) is 24.7 Å². The SMILES string of the molecule is CCn1ncnc1[C@@H](C)NCc1cn[nH]c1-c1ccc(F)cc1. The lowest BCUT2D eigenvalue weighted by Gasteiger charge is -2.14. The van der Waals surface area contributed by atoms with Crippen LogP contribution in [-0.2, 0) is 13.1 Å². The standard InChI is InChI=1S/C16H19FN6/c1-3-23-16(19-10-21-23)11(2)18-8-13-9-20-22-15(13)12-4-6-14(17)7-5-12/h4-7,9-11,18H,3,8H2,1-2H3,(H,20,22)/t11-/m1/s1. The zero-order chi connectivity index (χ0) is 16.2. The van der Waals surface area contributed by atoms with Crippen molar-refractivity contribution in [2.24, 2.45) is 0 Å². The van der Waals surface area contributed by atoms with Crippen molar-refractivity contribution in [3.8, 4) is 11.3 Å². The zero-order valence-corrected chi connectivity index (χ0v) is 13.1. The molecule has 3 aromatic rings. The van der Waals surface area contributed by atoms with Crippen molar-refractivity contribution < 1.29 is 4.39 Å². The second kappa shape index (κ2) is 6.70. The fraction of sp³-hybridized carbons (Fsp3) is 0.312. The lowest BCUT2D eigenvalue weighted by Crippen LogP contribution is -2.22. The van der Waals surface area contributed by atoms with Crippen molar-refractivity contribution in [1.82, 2.24) is 30.3 Å². The minimum atomic E-state index is -0.250. The molecule has 0 bridgehead atoms. The number of aromatic amines is 1. The molecule has 0 aliphatic heterocycles.